The number of amides is 1. The maximum atomic E-state index is 13.6. The van der Waals surface area contributed by atoms with E-state index >= 15 is 0 Å². The first-order chi connectivity index (χ1) is 16.6. The molecule has 4 aromatic rings. The Bertz CT molecular complexity index is 1630. The molecule has 0 aliphatic carbocycles. The van der Waals surface area contributed by atoms with Crippen LogP contribution in [0.5, 0.6) is 0 Å². The van der Waals surface area contributed by atoms with Crippen molar-refractivity contribution >= 4 is 50.0 Å². The second-order valence-corrected chi connectivity index (χ2v) is 9.78. The van der Waals surface area contributed by atoms with Crippen molar-refractivity contribution in [2.24, 2.45) is 5.14 Å². The third kappa shape index (κ3) is 3.97. The summed E-state index contributed by atoms with van der Waals surface area (Å²) in [5, 5.41) is 17.0. The summed E-state index contributed by atoms with van der Waals surface area (Å²) in [6.45, 7) is 0. The number of hydrogen-bond acceptors (Lipinski definition) is 7. The number of nitrogens with two attached hydrogens (primary N) is 1. The molecule has 0 radical (unpaired) electrons. The molecule has 35 heavy (non-hydrogen) atoms. The summed E-state index contributed by atoms with van der Waals surface area (Å²) >= 11 is 6.03. The quantitative estimate of drug-likeness (QED) is 0.388. The van der Waals surface area contributed by atoms with Gasteiger partial charge >= 0.3 is 0 Å². The highest BCUT2D eigenvalue weighted by molar-refractivity contribution is 7.89. The van der Waals surface area contributed by atoms with Gasteiger partial charge < -0.3 is 9.52 Å². The number of benzene rings is 2. The molecule has 3 N–H and O–H groups in total. The molecule has 11 heteroatoms. The number of aliphatic hydroxyl groups excluding tert-OH is 1. The number of primary sulfonamides is 1. The fourth-order valence-corrected chi connectivity index (χ4v) is 4.72. The lowest BCUT2D eigenvalue weighted by Crippen LogP contribution is -2.31. The van der Waals surface area contributed by atoms with Crippen LogP contribution < -0.4 is 10.0 Å². The average molecular weight is 510 g/mol. The number of rotatable bonds is 5. The van der Waals surface area contributed by atoms with E-state index in [9.17, 15) is 23.1 Å². The van der Waals surface area contributed by atoms with Gasteiger partial charge in [0.1, 0.15) is 5.58 Å². The number of sulfonamides is 1. The zero-order chi connectivity index (χ0) is 24.9. The SMILES string of the molecule is NS(=O)(=O)c1ccc(N2C(=O)C(O)=C(C(=O)c3cc4cc(Cl)ccc4o3)C2c2ccncc2)cc1. The zero-order valence-electron chi connectivity index (χ0n) is 17.8. The van der Waals surface area contributed by atoms with Crippen LogP contribution in [0.3, 0.4) is 0 Å². The number of anilines is 1. The van der Waals surface area contributed by atoms with E-state index in [1.54, 1.807) is 30.3 Å². The highest BCUT2D eigenvalue weighted by Gasteiger charge is 2.45. The third-order valence-corrected chi connectivity index (χ3v) is 6.78. The van der Waals surface area contributed by atoms with Crippen LogP contribution in [-0.4, -0.2) is 30.2 Å². The van der Waals surface area contributed by atoms with Gasteiger partial charge in [0, 0.05) is 28.5 Å². The molecule has 176 valence electrons. The first kappa shape index (κ1) is 22.8. The lowest BCUT2D eigenvalue weighted by Gasteiger charge is -2.26. The number of pyridine rings is 1. The highest BCUT2D eigenvalue weighted by Crippen LogP contribution is 2.42. The summed E-state index contributed by atoms with van der Waals surface area (Å²) in [5.41, 5.74) is 0.963. The van der Waals surface area contributed by atoms with Gasteiger partial charge in [-0.2, -0.15) is 0 Å². The second kappa shape index (κ2) is 8.35. The Morgan fingerprint density at radius 2 is 1.74 bits per heavy atom. The number of nitrogens with zero attached hydrogens (tertiary/aromatic N) is 2. The maximum Gasteiger partial charge on any atom is 0.294 e. The minimum absolute atomic E-state index is 0.0814. The number of halogens is 1. The summed E-state index contributed by atoms with van der Waals surface area (Å²) in [5.74, 6) is -2.35. The molecule has 5 rings (SSSR count). The largest absolute Gasteiger partial charge is 0.503 e. The lowest BCUT2D eigenvalue weighted by molar-refractivity contribution is -0.117. The molecule has 0 fully saturated rings. The van der Waals surface area contributed by atoms with Gasteiger partial charge in [0.2, 0.25) is 15.8 Å². The summed E-state index contributed by atoms with van der Waals surface area (Å²) in [7, 11) is -3.96. The van der Waals surface area contributed by atoms with Crippen LogP contribution in [0.2, 0.25) is 5.02 Å². The smallest absolute Gasteiger partial charge is 0.294 e. The van der Waals surface area contributed by atoms with Crippen LogP contribution in [0.25, 0.3) is 11.0 Å². The highest BCUT2D eigenvalue weighted by atomic mass is 35.5. The molecule has 2 aromatic heterocycles. The minimum atomic E-state index is -3.96. The Kier molecular flexibility index (Phi) is 5.43. The molecule has 2 aromatic carbocycles. The minimum Gasteiger partial charge on any atom is -0.503 e. The Morgan fingerprint density at radius 1 is 1.06 bits per heavy atom. The number of aliphatic hydroxyl groups is 1. The van der Waals surface area contributed by atoms with E-state index in [-0.39, 0.29) is 21.9 Å². The van der Waals surface area contributed by atoms with Gasteiger partial charge in [0.05, 0.1) is 16.5 Å². The molecule has 9 nitrogen and oxygen atoms in total. The lowest BCUT2D eigenvalue weighted by atomic mass is 9.95. The Labute approximate surface area is 204 Å². The molecule has 1 aliphatic rings. The van der Waals surface area contributed by atoms with Gasteiger partial charge in [-0.3, -0.25) is 19.5 Å². The number of furan rings is 1. The number of ketones is 1. The Morgan fingerprint density at radius 3 is 2.40 bits per heavy atom. The molecule has 0 saturated heterocycles. The van der Waals surface area contributed by atoms with Crippen molar-refractivity contribution in [3.8, 4) is 0 Å². The monoisotopic (exact) mass is 509 g/mol. The van der Waals surface area contributed by atoms with E-state index in [4.69, 9.17) is 21.2 Å². The first-order valence-corrected chi connectivity index (χ1v) is 12.1. The fraction of sp³-hybridized carbons (Fsp3) is 0.0417. The topological polar surface area (TPSA) is 144 Å². The van der Waals surface area contributed by atoms with Crippen LogP contribution in [0.15, 0.2) is 93.7 Å². The van der Waals surface area contributed by atoms with E-state index < -0.39 is 33.5 Å². The number of fused-ring (bicyclic) bond motifs is 1. The van der Waals surface area contributed by atoms with Gasteiger partial charge in [0.25, 0.3) is 5.91 Å². The molecule has 1 atom stereocenters. The van der Waals surface area contributed by atoms with Crippen LogP contribution in [0, 0.1) is 0 Å². The van der Waals surface area contributed by atoms with E-state index in [0.717, 1.165) is 0 Å². The van der Waals surface area contributed by atoms with Crippen molar-refractivity contribution < 1.29 is 27.5 Å². The molecule has 1 aliphatic heterocycles. The van der Waals surface area contributed by atoms with Crippen LogP contribution in [-0.2, 0) is 14.8 Å². The van der Waals surface area contributed by atoms with Crippen LogP contribution in [0.4, 0.5) is 5.69 Å². The van der Waals surface area contributed by atoms with E-state index in [0.29, 0.717) is 21.6 Å². The molecule has 0 bridgehead atoms. The molecular formula is C24H16ClN3O6S. The molecule has 1 amide bonds. The number of hydrogen-bond donors (Lipinski definition) is 2. The second-order valence-electron chi connectivity index (χ2n) is 7.78. The summed E-state index contributed by atoms with van der Waals surface area (Å²) < 4.78 is 29.0. The molecule has 1 unspecified atom stereocenters. The zero-order valence-corrected chi connectivity index (χ0v) is 19.3. The van der Waals surface area contributed by atoms with Crippen LogP contribution >= 0.6 is 11.6 Å². The predicted octanol–water partition coefficient (Wildman–Crippen LogP) is 3.91. The van der Waals surface area contributed by atoms with Gasteiger partial charge in [-0.1, -0.05) is 11.6 Å². The molecule has 0 saturated carbocycles. The Balaban J connectivity index is 1.63. The number of Topliss-reactive ketones (excluding diaryl/α,β-unsaturated/α-hetero) is 1. The summed E-state index contributed by atoms with van der Waals surface area (Å²) in [6, 6.07) is 13.7. The summed E-state index contributed by atoms with van der Waals surface area (Å²) in [4.78, 5) is 31.8. The van der Waals surface area contributed by atoms with Crippen molar-refractivity contribution in [3.63, 3.8) is 0 Å². The van der Waals surface area contributed by atoms with E-state index in [2.05, 4.69) is 4.98 Å². The standard InChI is InChI=1S/C24H16ClN3O6S/c25-15-1-6-18-14(11-15)12-19(34-18)22(29)20-21(13-7-9-27-10-8-13)28(24(31)23(20)30)16-2-4-17(5-3-16)35(26,32)33/h1-12,21,30H,(H2,26,32,33). The maximum absolute atomic E-state index is 13.6. The van der Waals surface area contributed by atoms with Crippen molar-refractivity contribution in [1.82, 2.24) is 4.98 Å². The van der Waals surface area contributed by atoms with Crippen molar-refractivity contribution in [2.45, 2.75) is 10.9 Å². The molecule has 3 heterocycles. The Hall–Kier alpha value is -3.99. The normalized spacial score (nSPS) is 16.3. The van der Waals surface area contributed by atoms with Crippen LogP contribution in [0.1, 0.15) is 22.2 Å². The average Bonchev–Trinajstić information content (AvgIpc) is 3.37. The molecular weight excluding hydrogens is 494 g/mol. The van der Waals surface area contributed by atoms with Gasteiger partial charge in [0.15, 0.2) is 11.5 Å². The van der Waals surface area contributed by atoms with Gasteiger partial charge in [-0.15, -0.1) is 0 Å². The third-order valence-electron chi connectivity index (χ3n) is 5.62. The first-order valence-electron chi connectivity index (χ1n) is 10.2. The number of carbonyl (C=O) groups excluding carboxylic acids is 2. The van der Waals surface area contributed by atoms with Gasteiger partial charge in [-0.25, -0.2) is 13.6 Å². The van der Waals surface area contributed by atoms with Crippen molar-refractivity contribution in [2.75, 3.05) is 4.90 Å². The fourth-order valence-electron chi connectivity index (χ4n) is 4.02. The van der Waals surface area contributed by atoms with E-state index in [1.165, 1.54) is 47.6 Å². The van der Waals surface area contributed by atoms with E-state index in [1.807, 2.05) is 0 Å². The molecule has 0 spiro atoms. The predicted molar refractivity (Wildman–Crippen MR) is 127 cm³/mol. The summed E-state index contributed by atoms with van der Waals surface area (Å²) in [6.07, 6.45) is 2.98. The van der Waals surface area contributed by atoms with Crippen molar-refractivity contribution in [3.05, 3.63) is 101 Å². The number of carbonyl (C=O) groups is 2. The number of aromatic nitrogens is 1. The van der Waals surface area contributed by atoms with Crippen molar-refractivity contribution in [1.29, 1.82) is 0 Å². The van der Waals surface area contributed by atoms with Gasteiger partial charge in [-0.05, 0) is 66.2 Å².